The van der Waals surface area contributed by atoms with Crippen molar-refractivity contribution in [1.29, 1.82) is 0 Å². The van der Waals surface area contributed by atoms with Crippen LogP contribution in [0.3, 0.4) is 0 Å². The van der Waals surface area contributed by atoms with Crippen LogP contribution in [0.2, 0.25) is 0 Å². The number of anilines is 6. The van der Waals surface area contributed by atoms with Crippen LogP contribution < -0.4 is 26.2 Å². The van der Waals surface area contributed by atoms with E-state index in [-0.39, 0.29) is 17.5 Å². The minimum atomic E-state index is -0.0707. The molecule has 2 nitrogen and oxygen atoms in total. The summed E-state index contributed by atoms with van der Waals surface area (Å²) in [4.78, 5) is 5.19. The highest BCUT2D eigenvalue weighted by atomic mass is 15.2. The third-order valence-electron chi connectivity index (χ3n) is 17.0. The lowest BCUT2D eigenvalue weighted by molar-refractivity contribution is 0.444. The van der Waals surface area contributed by atoms with E-state index in [1.165, 1.54) is 155 Å². The zero-order valence-corrected chi connectivity index (χ0v) is 40.1. The van der Waals surface area contributed by atoms with Gasteiger partial charge in [0.05, 0.1) is 0 Å². The van der Waals surface area contributed by atoms with Gasteiger partial charge in [-0.25, -0.2) is 0 Å². The Morgan fingerprint density at radius 1 is 0.377 bits per heavy atom. The van der Waals surface area contributed by atoms with Gasteiger partial charge in [0.1, 0.15) is 0 Å². The lowest BCUT2D eigenvalue weighted by Crippen LogP contribution is -2.61. The first-order valence-corrected chi connectivity index (χ1v) is 25.4. The number of hydrogen-bond acceptors (Lipinski definition) is 2. The van der Waals surface area contributed by atoms with Gasteiger partial charge in [0.25, 0.3) is 6.71 Å². The number of hydrogen-bond donors (Lipinski definition) is 0. The van der Waals surface area contributed by atoms with E-state index in [0.717, 1.165) is 0 Å². The van der Waals surface area contributed by atoms with Gasteiger partial charge in [-0.15, -0.1) is 0 Å². The molecular formula is C66H55BN2. The molecule has 0 N–H and O–H groups in total. The third kappa shape index (κ3) is 5.99. The second-order valence-corrected chi connectivity index (χ2v) is 21.5. The van der Waals surface area contributed by atoms with Crippen molar-refractivity contribution in [2.24, 2.45) is 0 Å². The van der Waals surface area contributed by atoms with Crippen molar-refractivity contribution in [2.45, 2.75) is 76.5 Å². The maximum absolute atomic E-state index is 2.60. The predicted molar refractivity (Wildman–Crippen MR) is 292 cm³/mol. The number of fused-ring (bicyclic) bond motifs is 10. The SMILES string of the molecule is CC1(C)c2ccccc2-c2ccc(-c3ccc(N4c5ccccc5B5c6cc(-c7ccc8c(c7)C(C)(C)c7ccccc7-8)ccc6N(c6ccccc6)c6cc(C7CCCCC7)cc4c65)cc3)cc21. The lowest BCUT2D eigenvalue weighted by Gasteiger charge is -2.45. The molecule has 0 atom stereocenters. The fourth-order valence-corrected chi connectivity index (χ4v) is 13.5. The maximum Gasteiger partial charge on any atom is 0.252 e. The summed E-state index contributed by atoms with van der Waals surface area (Å²) in [6.07, 6.45) is 6.39. The van der Waals surface area contributed by atoms with Gasteiger partial charge in [-0.2, -0.15) is 0 Å². The number of benzene rings is 9. The van der Waals surface area contributed by atoms with Crippen molar-refractivity contribution >= 4 is 57.2 Å². The molecule has 332 valence electrons. The van der Waals surface area contributed by atoms with E-state index in [9.17, 15) is 0 Å². The largest absolute Gasteiger partial charge is 0.311 e. The Hall–Kier alpha value is -7.36. The minimum absolute atomic E-state index is 0.0456. The van der Waals surface area contributed by atoms with Crippen molar-refractivity contribution in [3.05, 3.63) is 222 Å². The van der Waals surface area contributed by atoms with E-state index >= 15 is 0 Å². The van der Waals surface area contributed by atoms with Crippen LogP contribution in [0, 0.1) is 0 Å². The van der Waals surface area contributed by atoms with Crippen molar-refractivity contribution in [1.82, 2.24) is 0 Å². The van der Waals surface area contributed by atoms with E-state index in [1.807, 2.05) is 0 Å². The molecule has 9 aromatic rings. The molecule has 0 bridgehead atoms. The zero-order chi connectivity index (χ0) is 46.2. The minimum Gasteiger partial charge on any atom is -0.311 e. The molecule has 5 aliphatic rings. The van der Waals surface area contributed by atoms with Gasteiger partial charge in [-0.05, 0) is 168 Å². The molecule has 1 fully saturated rings. The highest BCUT2D eigenvalue weighted by Gasteiger charge is 2.44. The summed E-state index contributed by atoms with van der Waals surface area (Å²) in [5, 5.41) is 0. The Morgan fingerprint density at radius 2 is 0.855 bits per heavy atom. The van der Waals surface area contributed by atoms with E-state index in [4.69, 9.17) is 0 Å². The van der Waals surface area contributed by atoms with Crippen molar-refractivity contribution < 1.29 is 0 Å². The highest BCUT2D eigenvalue weighted by molar-refractivity contribution is 7.00. The molecule has 14 rings (SSSR count). The maximum atomic E-state index is 2.60. The topological polar surface area (TPSA) is 6.48 Å². The summed E-state index contributed by atoms with van der Waals surface area (Å²) < 4.78 is 0. The standard InChI is InChI=1S/C66H55BN2/c1-65(2)54-23-13-11-21-50(54)52-34-29-44(37-56(52)65)43-27-32-49(33-28-43)69-60-26-16-15-25-58(60)67-59-39-46(45-30-35-53-51-22-12-14-24-55(51)66(3,4)57(53)38-45)31-36-61(59)68(48-19-9-6-10-20-48)62-40-47(41-63(69)64(62)67)42-17-7-5-8-18-42/h6,9-16,19-42H,5,7-8,17-18H2,1-4H3. The quantitative estimate of drug-likeness (QED) is 0.159. The van der Waals surface area contributed by atoms with Gasteiger partial charge in [-0.1, -0.05) is 180 Å². The monoisotopic (exact) mass is 886 g/mol. The van der Waals surface area contributed by atoms with Crippen LogP contribution in [0.4, 0.5) is 34.1 Å². The summed E-state index contributed by atoms with van der Waals surface area (Å²) in [7, 11) is 0. The summed E-state index contributed by atoms with van der Waals surface area (Å²) in [6, 6.07) is 74.6. The van der Waals surface area contributed by atoms with Gasteiger partial charge in [0.2, 0.25) is 0 Å². The van der Waals surface area contributed by atoms with Crippen LogP contribution in [0.5, 0.6) is 0 Å². The fraction of sp³-hybridized carbons (Fsp3) is 0.182. The zero-order valence-electron chi connectivity index (χ0n) is 40.1. The van der Waals surface area contributed by atoms with Crippen LogP contribution in [0.1, 0.15) is 93.5 Å². The summed E-state index contributed by atoms with van der Waals surface area (Å²) in [5.74, 6) is 0.534. The molecule has 2 heterocycles. The van der Waals surface area contributed by atoms with Crippen LogP contribution in [-0.2, 0) is 10.8 Å². The van der Waals surface area contributed by atoms with Gasteiger partial charge >= 0.3 is 0 Å². The van der Waals surface area contributed by atoms with E-state index < -0.39 is 0 Å². The number of para-hydroxylation sites is 2. The predicted octanol–water partition coefficient (Wildman–Crippen LogP) is 15.8. The third-order valence-corrected chi connectivity index (χ3v) is 17.0. The summed E-state index contributed by atoms with van der Waals surface area (Å²) in [5.41, 5.74) is 29.1. The molecule has 3 aliphatic carbocycles. The number of nitrogens with zero attached hydrogens (tertiary/aromatic N) is 2. The second kappa shape index (κ2) is 15.1. The molecule has 0 radical (unpaired) electrons. The van der Waals surface area contributed by atoms with E-state index in [1.54, 1.807) is 0 Å². The summed E-state index contributed by atoms with van der Waals surface area (Å²) in [6.45, 7) is 9.57. The average molecular weight is 887 g/mol. The van der Waals surface area contributed by atoms with Crippen molar-refractivity contribution in [2.75, 3.05) is 9.80 Å². The molecule has 0 saturated heterocycles. The lowest BCUT2D eigenvalue weighted by atomic mass is 9.33. The molecular weight excluding hydrogens is 832 g/mol. The fourth-order valence-electron chi connectivity index (χ4n) is 13.5. The molecule has 1 saturated carbocycles. The van der Waals surface area contributed by atoms with Crippen LogP contribution in [0.15, 0.2) is 194 Å². The molecule has 0 aromatic heterocycles. The Kier molecular flexibility index (Phi) is 8.89. The molecule has 0 unspecified atom stereocenters. The highest BCUT2D eigenvalue weighted by Crippen LogP contribution is 2.52. The second-order valence-electron chi connectivity index (χ2n) is 21.5. The van der Waals surface area contributed by atoms with E-state index in [2.05, 4.69) is 232 Å². The smallest absolute Gasteiger partial charge is 0.252 e. The molecule has 9 aromatic carbocycles. The van der Waals surface area contributed by atoms with Crippen LogP contribution in [-0.4, -0.2) is 6.71 Å². The van der Waals surface area contributed by atoms with Gasteiger partial charge < -0.3 is 9.80 Å². The molecule has 0 spiro atoms. The van der Waals surface area contributed by atoms with Gasteiger partial charge in [0.15, 0.2) is 0 Å². The average Bonchev–Trinajstić information content (AvgIpc) is 3.77. The first-order chi connectivity index (χ1) is 33.7. The Balaban J connectivity index is 0.944. The molecule has 0 amide bonds. The Morgan fingerprint density at radius 3 is 1.49 bits per heavy atom. The van der Waals surface area contributed by atoms with Gasteiger partial charge in [0, 0.05) is 45.0 Å². The van der Waals surface area contributed by atoms with Crippen LogP contribution >= 0.6 is 0 Å². The first-order valence-electron chi connectivity index (χ1n) is 25.4. The Bertz CT molecular complexity index is 3560. The van der Waals surface area contributed by atoms with Gasteiger partial charge in [-0.3, -0.25) is 0 Å². The molecule has 69 heavy (non-hydrogen) atoms. The van der Waals surface area contributed by atoms with Crippen molar-refractivity contribution in [3.63, 3.8) is 0 Å². The summed E-state index contributed by atoms with van der Waals surface area (Å²) >= 11 is 0. The van der Waals surface area contributed by atoms with Crippen molar-refractivity contribution in [3.8, 4) is 44.5 Å². The first kappa shape index (κ1) is 40.7. The molecule has 3 heteroatoms. The normalized spacial score (nSPS) is 16.5. The Labute approximate surface area is 408 Å². The molecule has 2 aliphatic heterocycles. The number of rotatable bonds is 5. The van der Waals surface area contributed by atoms with E-state index in [0.29, 0.717) is 5.92 Å². The van der Waals surface area contributed by atoms with Crippen LogP contribution in [0.25, 0.3) is 44.5 Å².